The number of carbonyl (C=O) groups is 1. The van der Waals surface area contributed by atoms with Gasteiger partial charge in [-0.25, -0.2) is 4.98 Å². The van der Waals surface area contributed by atoms with E-state index in [2.05, 4.69) is 4.98 Å². The molecule has 98 valence electrons. The van der Waals surface area contributed by atoms with Gasteiger partial charge in [0.05, 0.1) is 11.1 Å². The Balaban J connectivity index is 2.34. The average Bonchev–Trinajstić information content (AvgIpc) is 2.80. The van der Waals surface area contributed by atoms with Gasteiger partial charge in [-0.15, -0.1) is 0 Å². The zero-order valence-corrected chi connectivity index (χ0v) is 9.50. The Bertz CT molecular complexity index is 467. The molecule has 1 aromatic heterocycles. The van der Waals surface area contributed by atoms with Crippen molar-refractivity contribution in [3.8, 4) is 0 Å². The predicted octanol–water partition coefficient (Wildman–Crippen LogP) is 1.92. The number of aromatic nitrogens is 1. The van der Waals surface area contributed by atoms with Crippen LogP contribution < -0.4 is 5.73 Å². The van der Waals surface area contributed by atoms with E-state index in [1.165, 1.54) is 4.90 Å². The molecule has 2 N–H and O–H groups in total. The van der Waals surface area contributed by atoms with Crippen LogP contribution in [0.2, 0.25) is 0 Å². The molecule has 0 saturated carbocycles. The molecule has 1 saturated heterocycles. The fourth-order valence-electron chi connectivity index (χ4n) is 1.89. The minimum absolute atomic E-state index is 0.167. The van der Waals surface area contributed by atoms with Crippen LogP contribution in [0.1, 0.15) is 28.8 Å². The number of carbonyl (C=O) groups excluding carboxylic acids is 1. The highest BCUT2D eigenvalue weighted by atomic mass is 19.4. The van der Waals surface area contributed by atoms with Gasteiger partial charge in [-0.05, 0) is 18.9 Å². The lowest BCUT2D eigenvalue weighted by atomic mass is 10.1. The third kappa shape index (κ3) is 2.39. The number of halogens is 3. The summed E-state index contributed by atoms with van der Waals surface area (Å²) < 4.78 is 37.6. The zero-order chi connectivity index (χ0) is 13.3. The summed E-state index contributed by atoms with van der Waals surface area (Å²) in [5, 5.41) is 0. The third-order valence-electron chi connectivity index (χ3n) is 2.87. The van der Waals surface area contributed by atoms with Crippen molar-refractivity contribution < 1.29 is 18.0 Å². The van der Waals surface area contributed by atoms with E-state index in [1.807, 2.05) is 0 Å². The van der Waals surface area contributed by atoms with Gasteiger partial charge in [-0.2, -0.15) is 13.2 Å². The molecular weight excluding hydrogens is 247 g/mol. The van der Waals surface area contributed by atoms with Crippen molar-refractivity contribution in [2.45, 2.75) is 19.0 Å². The first-order valence-corrected chi connectivity index (χ1v) is 5.51. The second-order valence-corrected chi connectivity index (χ2v) is 4.15. The minimum Gasteiger partial charge on any atom is -0.383 e. The molecule has 1 aliphatic heterocycles. The summed E-state index contributed by atoms with van der Waals surface area (Å²) in [4.78, 5) is 16.9. The molecule has 0 bridgehead atoms. The number of anilines is 1. The predicted molar refractivity (Wildman–Crippen MR) is 58.8 cm³/mol. The third-order valence-corrected chi connectivity index (χ3v) is 2.87. The standard InChI is InChI=1S/C11H12F3N3O/c12-11(13,14)7-5-8(9(15)16-6-7)10(18)17-3-1-2-4-17/h5-6H,1-4H2,(H2,15,16). The van der Waals surface area contributed by atoms with Crippen LogP contribution in [0.25, 0.3) is 0 Å². The van der Waals surface area contributed by atoms with E-state index < -0.39 is 17.6 Å². The summed E-state index contributed by atoms with van der Waals surface area (Å²) in [6, 6.07) is 0.767. The molecule has 0 aromatic carbocycles. The SMILES string of the molecule is Nc1ncc(C(F)(F)F)cc1C(=O)N1CCCC1. The summed E-state index contributed by atoms with van der Waals surface area (Å²) in [7, 11) is 0. The molecule has 0 aliphatic carbocycles. The molecule has 0 spiro atoms. The van der Waals surface area contributed by atoms with E-state index in [9.17, 15) is 18.0 Å². The van der Waals surface area contributed by atoms with Gasteiger partial charge in [0.15, 0.2) is 0 Å². The van der Waals surface area contributed by atoms with Crippen LogP contribution in [-0.2, 0) is 6.18 Å². The number of rotatable bonds is 1. The van der Waals surface area contributed by atoms with E-state index in [-0.39, 0.29) is 11.4 Å². The largest absolute Gasteiger partial charge is 0.417 e. The number of nitrogen functional groups attached to an aromatic ring is 1. The van der Waals surface area contributed by atoms with E-state index >= 15 is 0 Å². The number of amides is 1. The van der Waals surface area contributed by atoms with Crippen molar-refractivity contribution in [3.63, 3.8) is 0 Å². The topological polar surface area (TPSA) is 59.2 Å². The highest BCUT2D eigenvalue weighted by Gasteiger charge is 2.33. The molecule has 1 amide bonds. The number of nitrogens with two attached hydrogens (primary N) is 1. The van der Waals surface area contributed by atoms with Crippen LogP contribution in [0.5, 0.6) is 0 Å². The first kappa shape index (κ1) is 12.7. The van der Waals surface area contributed by atoms with Crippen molar-refractivity contribution in [1.29, 1.82) is 0 Å². The van der Waals surface area contributed by atoms with Gasteiger partial charge in [0.25, 0.3) is 5.91 Å². The van der Waals surface area contributed by atoms with Crippen LogP contribution in [0.15, 0.2) is 12.3 Å². The van der Waals surface area contributed by atoms with Crippen LogP contribution in [0, 0.1) is 0 Å². The first-order valence-electron chi connectivity index (χ1n) is 5.51. The Morgan fingerprint density at radius 2 is 1.94 bits per heavy atom. The summed E-state index contributed by atoms with van der Waals surface area (Å²) in [5.74, 6) is -0.650. The molecule has 0 radical (unpaired) electrons. The van der Waals surface area contributed by atoms with Crippen molar-refractivity contribution >= 4 is 11.7 Å². The zero-order valence-electron chi connectivity index (χ0n) is 9.50. The number of alkyl halides is 3. The van der Waals surface area contributed by atoms with E-state index in [0.29, 0.717) is 19.3 Å². The second-order valence-electron chi connectivity index (χ2n) is 4.15. The van der Waals surface area contributed by atoms with Gasteiger partial charge in [0.1, 0.15) is 5.82 Å². The summed E-state index contributed by atoms with van der Waals surface area (Å²) in [5.41, 5.74) is 4.34. The van der Waals surface area contributed by atoms with E-state index in [1.54, 1.807) is 0 Å². The van der Waals surface area contributed by atoms with Gasteiger partial charge in [-0.3, -0.25) is 4.79 Å². The quantitative estimate of drug-likeness (QED) is 0.838. The first-order chi connectivity index (χ1) is 8.39. The normalized spacial score (nSPS) is 16.1. The average molecular weight is 259 g/mol. The Morgan fingerprint density at radius 1 is 1.33 bits per heavy atom. The molecule has 4 nitrogen and oxygen atoms in total. The number of hydrogen-bond acceptors (Lipinski definition) is 3. The summed E-state index contributed by atoms with van der Waals surface area (Å²) >= 11 is 0. The lowest BCUT2D eigenvalue weighted by Crippen LogP contribution is -2.29. The number of nitrogens with zero attached hydrogens (tertiary/aromatic N) is 2. The van der Waals surface area contributed by atoms with Crippen molar-refractivity contribution in [3.05, 3.63) is 23.4 Å². The highest BCUT2D eigenvalue weighted by molar-refractivity contribution is 5.98. The molecular formula is C11H12F3N3O. The highest BCUT2D eigenvalue weighted by Crippen LogP contribution is 2.30. The van der Waals surface area contributed by atoms with Gasteiger partial charge in [0, 0.05) is 19.3 Å². The fourth-order valence-corrected chi connectivity index (χ4v) is 1.89. The minimum atomic E-state index is -4.53. The van der Waals surface area contributed by atoms with E-state index in [4.69, 9.17) is 5.73 Å². The Hall–Kier alpha value is -1.79. The molecule has 2 rings (SSSR count). The number of pyridine rings is 1. The maximum atomic E-state index is 12.5. The van der Waals surface area contributed by atoms with Gasteiger partial charge < -0.3 is 10.6 Å². The smallest absolute Gasteiger partial charge is 0.383 e. The molecule has 1 aromatic rings. The van der Waals surface area contributed by atoms with Crippen molar-refractivity contribution in [1.82, 2.24) is 9.88 Å². The van der Waals surface area contributed by atoms with Gasteiger partial charge >= 0.3 is 6.18 Å². The Kier molecular flexibility index (Phi) is 3.14. The molecule has 7 heteroatoms. The molecule has 0 atom stereocenters. The lowest BCUT2D eigenvalue weighted by molar-refractivity contribution is -0.137. The van der Waals surface area contributed by atoms with Crippen LogP contribution in [0.3, 0.4) is 0 Å². The molecule has 2 heterocycles. The van der Waals surface area contributed by atoms with Gasteiger partial charge in [-0.1, -0.05) is 0 Å². The van der Waals surface area contributed by atoms with Crippen LogP contribution in [0.4, 0.5) is 19.0 Å². The maximum absolute atomic E-state index is 12.5. The fraction of sp³-hybridized carbons (Fsp3) is 0.455. The number of hydrogen-bond donors (Lipinski definition) is 1. The molecule has 18 heavy (non-hydrogen) atoms. The van der Waals surface area contributed by atoms with Crippen LogP contribution in [-0.4, -0.2) is 28.9 Å². The summed E-state index contributed by atoms with van der Waals surface area (Å²) in [6.07, 6.45) is -2.17. The summed E-state index contributed by atoms with van der Waals surface area (Å²) in [6.45, 7) is 1.10. The molecule has 1 aliphatic rings. The Morgan fingerprint density at radius 3 is 2.50 bits per heavy atom. The molecule has 0 unspecified atom stereocenters. The maximum Gasteiger partial charge on any atom is 0.417 e. The lowest BCUT2D eigenvalue weighted by Gasteiger charge is -2.17. The Labute approximate surface area is 102 Å². The van der Waals surface area contributed by atoms with Crippen molar-refractivity contribution in [2.75, 3.05) is 18.8 Å². The monoisotopic (exact) mass is 259 g/mol. The van der Waals surface area contributed by atoms with Crippen LogP contribution >= 0.6 is 0 Å². The van der Waals surface area contributed by atoms with Crippen molar-refractivity contribution in [2.24, 2.45) is 0 Å². The van der Waals surface area contributed by atoms with Gasteiger partial charge in [0.2, 0.25) is 0 Å². The molecule has 1 fully saturated rings. The number of likely N-dealkylation sites (tertiary alicyclic amines) is 1. The van der Waals surface area contributed by atoms with E-state index in [0.717, 1.165) is 18.9 Å². The second kappa shape index (κ2) is 4.47.